The Hall–Kier alpha value is -3.22. The Morgan fingerprint density at radius 3 is 2.65 bits per heavy atom. The van der Waals surface area contributed by atoms with Crippen molar-refractivity contribution in [2.45, 2.75) is 19.8 Å². The zero-order valence-electron chi connectivity index (χ0n) is 14.6. The number of ether oxygens (including phenoxy) is 3. The SMILES string of the molecule is CCCC(=O)Nc1ccc(NC(=O)c2ccc3c(c2)OCO3)cc1OC. The maximum atomic E-state index is 12.4. The highest BCUT2D eigenvalue weighted by Gasteiger charge is 2.17. The molecule has 7 nitrogen and oxygen atoms in total. The van der Waals surface area contributed by atoms with E-state index in [0.29, 0.717) is 40.6 Å². The molecule has 0 aromatic heterocycles. The lowest BCUT2D eigenvalue weighted by molar-refractivity contribution is -0.116. The number of hydrogen-bond donors (Lipinski definition) is 2. The largest absolute Gasteiger partial charge is 0.494 e. The van der Waals surface area contributed by atoms with E-state index in [-0.39, 0.29) is 18.6 Å². The van der Waals surface area contributed by atoms with Gasteiger partial charge in [-0.15, -0.1) is 0 Å². The Bertz CT molecular complexity index is 835. The van der Waals surface area contributed by atoms with Gasteiger partial charge in [-0.2, -0.15) is 0 Å². The Morgan fingerprint density at radius 1 is 1.08 bits per heavy atom. The number of carbonyl (C=O) groups is 2. The van der Waals surface area contributed by atoms with Gasteiger partial charge in [-0.05, 0) is 36.8 Å². The van der Waals surface area contributed by atoms with Crippen molar-refractivity contribution < 1.29 is 23.8 Å². The van der Waals surface area contributed by atoms with Gasteiger partial charge in [0.05, 0.1) is 12.8 Å². The summed E-state index contributed by atoms with van der Waals surface area (Å²) >= 11 is 0. The lowest BCUT2D eigenvalue weighted by atomic mass is 10.1. The average Bonchev–Trinajstić information content (AvgIpc) is 3.10. The Morgan fingerprint density at radius 2 is 1.88 bits per heavy atom. The monoisotopic (exact) mass is 356 g/mol. The molecule has 2 amide bonds. The normalized spacial score (nSPS) is 11.8. The van der Waals surface area contributed by atoms with E-state index in [4.69, 9.17) is 14.2 Å². The number of carbonyl (C=O) groups excluding carboxylic acids is 2. The van der Waals surface area contributed by atoms with E-state index in [0.717, 1.165) is 6.42 Å². The molecule has 0 bridgehead atoms. The molecule has 26 heavy (non-hydrogen) atoms. The zero-order chi connectivity index (χ0) is 18.5. The molecule has 2 aromatic carbocycles. The maximum Gasteiger partial charge on any atom is 0.255 e. The minimum Gasteiger partial charge on any atom is -0.494 e. The van der Waals surface area contributed by atoms with Crippen molar-refractivity contribution >= 4 is 23.2 Å². The second-order valence-corrected chi connectivity index (χ2v) is 5.74. The number of rotatable bonds is 6. The molecule has 7 heteroatoms. The summed E-state index contributed by atoms with van der Waals surface area (Å²) in [4.78, 5) is 24.2. The first-order valence-electron chi connectivity index (χ1n) is 8.29. The summed E-state index contributed by atoms with van der Waals surface area (Å²) in [6.07, 6.45) is 1.20. The minimum absolute atomic E-state index is 0.0806. The first-order valence-corrected chi connectivity index (χ1v) is 8.29. The molecule has 136 valence electrons. The highest BCUT2D eigenvalue weighted by Crippen LogP contribution is 2.33. The predicted molar refractivity (Wildman–Crippen MR) is 97.0 cm³/mol. The summed E-state index contributed by atoms with van der Waals surface area (Å²) in [6, 6.07) is 10.1. The zero-order valence-corrected chi connectivity index (χ0v) is 14.6. The smallest absolute Gasteiger partial charge is 0.255 e. The van der Waals surface area contributed by atoms with Crippen LogP contribution in [0, 0.1) is 0 Å². The van der Waals surface area contributed by atoms with Gasteiger partial charge in [0.15, 0.2) is 11.5 Å². The fourth-order valence-electron chi connectivity index (χ4n) is 2.55. The average molecular weight is 356 g/mol. The van der Waals surface area contributed by atoms with E-state index in [1.807, 2.05) is 6.92 Å². The van der Waals surface area contributed by atoms with E-state index in [9.17, 15) is 9.59 Å². The van der Waals surface area contributed by atoms with Crippen LogP contribution in [0.15, 0.2) is 36.4 Å². The molecule has 0 atom stereocenters. The van der Waals surface area contributed by atoms with Gasteiger partial charge in [0.2, 0.25) is 12.7 Å². The number of anilines is 2. The second-order valence-electron chi connectivity index (χ2n) is 5.74. The Kier molecular flexibility index (Phi) is 5.26. The van der Waals surface area contributed by atoms with Crippen molar-refractivity contribution in [3.63, 3.8) is 0 Å². The number of nitrogens with one attached hydrogen (secondary N) is 2. The molecule has 0 unspecified atom stereocenters. The standard InChI is InChI=1S/C19H20N2O5/c1-3-4-18(22)21-14-7-6-13(10-16(14)24-2)20-19(23)12-5-8-15-17(9-12)26-11-25-15/h5-10H,3-4,11H2,1-2H3,(H,20,23)(H,21,22). The quantitative estimate of drug-likeness (QED) is 0.828. The van der Waals surface area contributed by atoms with Crippen LogP contribution < -0.4 is 24.8 Å². The van der Waals surface area contributed by atoms with E-state index < -0.39 is 0 Å². The number of fused-ring (bicyclic) bond motifs is 1. The van der Waals surface area contributed by atoms with Crippen molar-refractivity contribution in [1.82, 2.24) is 0 Å². The fourth-order valence-corrected chi connectivity index (χ4v) is 2.55. The number of benzene rings is 2. The van der Waals surface area contributed by atoms with Crippen molar-refractivity contribution in [2.75, 3.05) is 24.5 Å². The topological polar surface area (TPSA) is 85.9 Å². The molecule has 1 heterocycles. The summed E-state index contributed by atoms with van der Waals surface area (Å²) in [5.41, 5.74) is 1.57. The van der Waals surface area contributed by atoms with E-state index in [2.05, 4.69) is 10.6 Å². The number of hydrogen-bond acceptors (Lipinski definition) is 5. The summed E-state index contributed by atoms with van der Waals surface area (Å²) < 4.78 is 15.8. The Balaban J connectivity index is 1.73. The van der Waals surface area contributed by atoms with Crippen molar-refractivity contribution in [1.29, 1.82) is 0 Å². The minimum atomic E-state index is -0.284. The maximum absolute atomic E-state index is 12.4. The van der Waals surface area contributed by atoms with Crippen LogP contribution >= 0.6 is 0 Å². The molecule has 0 spiro atoms. The summed E-state index contributed by atoms with van der Waals surface area (Å²) in [7, 11) is 1.51. The molecule has 0 aliphatic carbocycles. The lowest BCUT2D eigenvalue weighted by Crippen LogP contribution is -2.13. The number of amides is 2. The van der Waals surface area contributed by atoms with Crippen LogP contribution in [0.25, 0.3) is 0 Å². The highest BCUT2D eigenvalue weighted by atomic mass is 16.7. The molecule has 0 saturated carbocycles. The number of methoxy groups -OCH3 is 1. The van der Waals surface area contributed by atoms with Gasteiger partial charge in [-0.3, -0.25) is 9.59 Å². The van der Waals surface area contributed by atoms with Gasteiger partial charge in [0.25, 0.3) is 5.91 Å². The van der Waals surface area contributed by atoms with E-state index in [1.54, 1.807) is 36.4 Å². The van der Waals surface area contributed by atoms with Crippen LogP contribution in [0.5, 0.6) is 17.2 Å². The van der Waals surface area contributed by atoms with Crippen LogP contribution in [0.4, 0.5) is 11.4 Å². The van der Waals surface area contributed by atoms with Crippen LogP contribution in [-0.2, 0) is 4.79 Å². The van der Waals surface area contributed by atoms with Crippen molar-refractivity contribution in [2.24, 2.45) is 0 Å². The molecular formula is C19H20N2O5. The van der Waals surface area contributed by atoms with Gasteiger partial charge in [-0.25, -0.2) is 0 Å². The molecule has 0 saturated heterocycles. The predicted octanol–water partition coefficient (Wildman–Crippen LogP) is 3.41. The molecule has 3 rings (SSSR count). The highest BCUT2D eigenvalue weighted by molar-refractivity contribution is 6.05. The van der Waals surface area contributed by atoms with Crippen LogP contribution in [0.2, 0.25) is 0 Å². The van der Waals surface area contributed by atoms with E-state index in [1.165, 1.54) is 7.11 Å². The summed E-state index contributed by atoms with van der Waals surface area (Å²) in [5.74, 6) is 1.27. The third kappa shape index (κ3) is 3.88. The van der Waals surface area contributed by atoms with Gasteiger partial charge in [-0.1, -0.05) is 6.92 Å². The van der Waals surface area contributed by atoms with Gasteiger partial charge < -0.3 is 24.8 Å². The Labute approximate surface area is 151 Å². The third-order valence-electron chi connectivity index (χ3n) is 3.85. The fraction of sp³-hybridized carbons (Fsp3) is 0.263. The lowest BCUT2D eigenvalue weighted by Gasteiger charge is -2.12. The van der Waals surface area contributed by atoms with Gasteiger partial charge >= 0.3 is 0 Å². The summed E-state index contributed by atoms with van der Waals surface area (Å²) in [5, 5.41) is 5.60. The molecule has 0 fully saturated rings. The van der Waals surface area contributed by atoms with Crippen LogP contribution in [-0.4, -0.2) is 25.7 Å². The van der Waals surface area contributed by atoms with Gasteiger partial charge in [0, 0.05) is 23.7 Å². The molecule has 2 N–H and O–H groups in total. The summed E-state index contributed by atoms with van der Waals surface area (Å²) in [6.45, 7) is 2.09. The molecular weight excluding hydrogens is 336 g/mol. The molecule has 1 aliphatic rings. The van der Waals surface area contributed by atoms with Gasteiger partial charge in [0.1, 0.15) is 5.75 Å². The van der Waals surface area contributed by atoms with Crippen LogP contribution in [0.3, 0.4) is 0 Å². The second kappa shape index (κ2) is 7.77. The van der Waals surface area contributed by atoms with Crippen molar-refractivity contribution in [3.8, 4) is 17.2 Å². The first-order chi connectivity index (χ1) is 12.6. The van der Waals surface area contributed by atoms with Crippen LogP contribution in [0.1, 0.15) is 30.1 Å². The molecule has 2 aromatic rings. The van der Waals surface area contributed by atoms with E-state index >= 15 is 0 Å². The first kappa shape index (κ1) is 17.6. The molecule has 0 radical (unpaired) electrons. The molecule has 1 aliphatic heterocycles. The van der Waals surface area contributed by atoms with Crippen molar-refractivity contribution in [3.05, 3.63) is 42.0 Å². The third-order valence-corrected chi connectivity index (χ3v) is 3.85.